The van der Waals surface area contributed by atoms with Crippen molar-refractivity contribution in [2.75, 3.05) is 25.6 Å². The van der Waals surface area contributed by atoms with Gasteiger partial charge in [0.1, 0.15) is 11.3 Å². The number of benzene rings is 2. The SMILES string of the molecule is CCCOC(=O)c1cc(Br)cc2c(NCc3ccc(OC)c(Cl)c3)c(C(=O)OCC)cnc12. The van der Waals surface area contributed by atoms with Gasteiger partial charge in [0.15, 0.2) is 0 Å². The highest BCUT2D eigenvalue weighted by molar-refractivity contribution is 9.10. The predicted octanol–water partition coefficient (Wildman–Crippen LogP) is 6.01. The zero-order valence-corrected chi connectivity index (χ0v) is 20.9. The lowest BCUT2D eigenvalue weighted by atomic mass is 10.0. The molecule has 2 aromatic carbocycles. The zero-order chi connectivity index (χ0) is 24.0. The second-order valence-electron chi connectivity index (χ2n) is 7.08. The van der Waals surface area contributed by atoms with Crippen LogP contribution < -0.4 is 10.1 Å². The first-order valence-corrected chi connectivity index (χ1v) is 11.6. The third kappa shape index (κ3) is 5.75. The second-order valence-corrected chi connectivity index (χ2v) is 8.40. The highest BCUT2D eigenvalue weighted by Crippen LogP contribution is 2.33. The largest absolute Gasteiger partial charge is 0.495 e. The number of carbonyl (C=O) groups is 2. The molecule has 3 aromatic rings. The third-order valence-electron chi connectivity index (χ3n) is 4.77. The van der Waals surface area contributed by atoms with E-state index in [1.165, 1.54) is 6.20 Å². The zero-order valence-electron chi connectivity index (χ0n) is 18.5. The molecule has 0 amide bonds. The van der Waals surface area contributed by atoms with Crippen molar-refractivity contribution in [1.82, 2.24) is 4.98 Å². The van der Waals surface area contributed by atoms with E-state index in [2.05, 4.69) is 26.2 Å². The Hall–Kier alpha value is -2.84. The van der Waals surface area contributed by atoms with Gasteiger partial charge in [-0.1, -0.05) is 40.5 Å². The van der Waals surface area contributed by atoms with Crippen LogP contribution in [0.3, 0.4) is 0 Å². The van der Waals surface area contributed by atoms with Gasteiger partial charge < -0.3 is 19.5 Å². The van der Waals surface area contributed by atoms with Crippen LogP contribution in [0.2, 0.25) is 5.02 Å². The van der Waals surface area contributed by atoms with E-state index in [1.807, 2.05) is 13.0 Å². The molecule has 1 aromatic heterocycles. The number of hydrogen-bond donors (Lipinski definition) is 1. The van der Waals surface area contributed by atoms with Gasteiger partial charge >= 0.3 is 11.9 Å². The normalized spacial score (nSPS) is 10.7. The number of nitrogens with zero attached hydrogens (tertiary/aromatic N) is 1. The average molecular weight is 536 g/mol. The molecular weight excluding hydrogens is 512 g/mol. The molecule has 0 spiro atoms. The number of rotatable bonds is 9. The molecule has 0 fully saturated rings. The summed E-state index contributed by atoms with van der Waals surface area (Å²) in [6.45, 7) is 4.53. The van der Waals surface area contributed by atoms with Crippen molar-refractivity contribution in [1.29, 1.82) is 0 Å². The summed E-state index contributed by atoms with van der Waals surface area (Å²) in [6.07, 6.45) is 2.11. The van der Waals surface area contributed by atoms with Crippen LogP contribution in [-0.4, -0.2) is 37.2 Å². The van der Waals surface area contributed by atoms with Gasteiger partial charge in [0, 0.05) is 22.6 Å². The van der Waals surface area contributed by atoms with E-state index >= 15 is 0 Å². The van der Waals surface area contributed by atoms with Crippen LogP contribution in [0.5, 0.6) is 5.75 Å². The fourth-order valence-corrected chi connectivity index (χ4v) is 4.00. The van der Waals surface area contributed by atoms with Crippen molar-refractivity contribution in [3.8, 4) is 5.75 Å². The molecule has 7 nitrogen and oxygen atoms in total. The number of hydrogen-bond acceptors (Lipinski definition) is 7. The summed E-state index contributed by atoms with van der Waals surface area (Å²) in [5.74, 6) is -0.425. The predicted molar refractivity (Wildman–Crippen MR) is 131 cm³/mol. The second kappa shape index (κ2) is 11.3. The van der Waals surface area contributed by atoms with Crippen LogP contribution >= 0.6 is 27.5 Å². The number of carbonyl (C=O) groups excluding carboxylic acids is 2. The summed E-state index contributed by atoms with van der Waals surface area (Å²) in [4.78, 5) is 29.7. The van der Waals surface area contributed by atoms with Gasteiger partial charge in [-0.15, -0.1) is 0 Å². The molecule has 1 heterocycles. The molecule has 0 radical (unpaired) electrons. The smallest absolute Gasteiger partial charge is 0.341 e. The summed E-state index contributed by atoms with van der Waals surface area (Å²) in [5, 5.41) is 4.36. The van der Waals surface area contributed by atoms with Crippen molar-refractivity contribution in [2.24, 2.45) is 0 Å². The lowest BCUT2D eigenvalue weighted by Crippen LogP contribution is -2.13. The fraction of sp³-hybridized carbons (Fsp3) is 0.292. The van der Waals surface area contributed by atoms with Crippen LogP contribution in [0.1, 0.15) is 46.5 Å². The number of anilines is 1. The summed E-state index contributed by atoms with van der Waals surface area (Å²) in [6, 6.07) is 8.88. The van der Waals surface area contributed by atoms with E-state index in [1.54, 1.807) is 38.3 Å². The highest BCUT2D eigenvalue weighted by Gasteiger charge is 2.21. The van der Waals surface area contributed by atoms with Crippen LogP contribution in [0.25, 0.3) is 10.9 Å². The van der Waals surface area contributed by atoms with Gasteiger partial charge in [0.25, 0.3) is 0 Å². The monoisotopic (exact) mass is 534 g/mol. The molecule has 0 saturated carbocycles. The van der Waals surface area contributed by atoms with Crippen LogP contribution in [-0.2, 0) is 16.0 Å². The average Bonchev–Trinajstić information content (AvgIpc) is 2.80. The first kappa shape index (κ1) is 24.8. The number of esters is 2. The Balaban J connectivity index is 2.09. The molecule has 0 bridgehead atoms. The van der Waals surface area contributed by atoms with E-state index < -0.39 is 11.9 Å². The minimum atomic E-state index is -0.516. The van der Waals surface area contributed by atoms with Gasteiger partial charge in [0.2, 0.25) is 0 Å². The summed E-state index contributed by atoms with van der Waals surface area (Å²) < 4.78 is 16.4. The number of methoxy groups -OCH3 is 1. The number of fused-ring (bicyclic) bond motifs is 1. The van der Waals surface area contributed by atoms with Crippen molar-refractivity contribution in [3.05, 3.63) is 62.7 Å². The fourth-order valence-electron chi connectivity index (χ4n) is 3.26. The molecule has 0 saturated heterocycles. The summed E-state index contributed by atoms with van der Waals surface area (Å²) >= 11 is 9.71. The lowest BCUT2D eigenvalue weighted by molar-refractivity contribution is 0.0504. The van der Waals surface area contributed by atoms with Crippen molar-refractivity contribution in [2.45, 2.75) is 26.8 Å². The maximum atomic E-state index is 12.7. The van der Waals surface area contributed by atoms with Crippen molar-refractivity contribution in [3.63, 3.8) is 0 Å². The molecule has 0 unspecified atom stereocenters. The third-order valence-corrected chi connectivity index (χ3v) is 5.53. The quantitative estimate of drug-likeness (QED) is 0.336. The summed E-state index contributed by atoms with van der Waals surface area (Å²) in [7, 11) is 1.55. The Bertz CT molecular complexity index is 1190. The highest BCUT2D eigenvalue weighted by atomic mass is 79.9. The lowest BCUT2D eigenvalue weighted by Gasteiger charge is -2.16. The van der Waals surface area contributed by atoms with Crippen LogP contribution in [0, 0.1) is 0 Å². The van der Waals surface area contributed by atoms with Gasteiger partial charge in [-0.05, 0) is 43.2 Å². The maximum absolute atomic E-state index is 12.7. The molecule has 0 atom stereocenters. The molecule has 9 heteroatoms. The van der Waals surface area contributed by atoms with Gasteiger partial charge in [-0.25, -0.2) is 9.59 Å². The minimum absolute atomic E-state index is 0.220. The van der Waals surface area contributed by atoms with E-state index in [-0.39, 0.29) is 12.2 Å². The van der Waals surface area contributed by atoms with Crippen molar-refractivity contribution < 1.29 is 23.8 Å². The van der Waals surface area contributed by atoms with Crippen LogP contribution in [0.4, 0.5) is 5.69 Å². The molecule has 3 rings (SSSR count). The Morgan fingerprint density at radius 1 is 1.09 bits per heavy atom. The first-order chi connectivity index (χ1) is 15.9. The van der Waals surface area contributed by atoms with Gasteiger partial charge in [-0.2, -0.15) is 0 Å². The number of nitrogens with one attached hydrogen (secondary N) is 1. The summed E-state index contributed by atoms with van der Waals surface area (Å²) in [5.41, 5.74) is 2.35. The number of halogens is 2. The van der Waals surface area contributed by atoms with Gasteiger partial charge in [0.05, 0.1) is 42.1 Å². The maximum Gasteiger partial charge on any atom is 0.341 e. The van der Waals surface area contributed by atoms with Crippen LogP contribution in [0.15, 0.2) is 41.0 Å². The minimum Gasteiger partial charge on any atom is -0.495 e. The van der Waals surface area contributed by atoms with Gasteiger partial charge in [-0.3, -0.25) is 4.98 Å². The Morgan fingerprint density at radius 3 is 2.52 bits per heavy atom. The number of ether oxygens (including phenoxy) is 3. The van der Waals surface area contributed by atoms with E-state index in [0.29, 0.717) is 57.0 Å². The number of aromatic nitrogens is 1. The van der Waals surface area contributed by atoms with E-state index in [0.717, 1.165) is 5.56 Å². The van der Waals surface area contributed by atoms with E-state index in [9.17, 15) is 9.59 Å². The molecule has 1 N–H and O–H groups in total. The molecule has 0 aliphatic rings. The molecule has 33 heavy (non-hydrogen) atoms. The first-order valence-electron chi connectivity index (χ1n) is 10.4. The Morgan fingerprint density at radius 2 is 1.85 bits per heavy atom. The van der Waals surface area contributed by atoms with Crippen molar-refractivity contribution >= 4 is 56.1 Å². The topological polar surface area (TPSA) is 86.8 Å². The van der Waals surface area contributed by atoms with E-state index in [4.69, 9.17) is 25.8 Å². The molecule has 0 aliphatic heterocycles. The molecular formula is C24H24BrClN2O5. The number of pyridine rings is 1. The Labute approximate surface area is 205 Å². The molecule has 0 aliphatic carbocycles. The Kier molecular flexibility index (Phi) is 8.52. The molecule has 174 valence electrons. The standard InChI is InChI=1S/C24H24BrClN2O5/c1-4-8-33-23(29)17-11-15(25)10-16-21(17)28-13-18(24(30)32-5-2)22(16)27-12-14-6-7-20(31-3)19(26)9-14/h6-7,9-11,13H,4-5,8,12H2,1-3H3,(H,27,28).